The van der Waals surface area contributed by atoms with Gasteiger partial charge in [0.2, 0.25) is 5.88 Å². The predicted octanol–water partition coefficient (Wildman–Crippen LogP) is 4.99. The maximum atomic E-state index is 12.5. The molecule has 6 heteroatoms. The van der Waals surface area contributed by atoms with Gasteiger partial charge in [-0.05, 0) is 66.2 Å². The van der Waals surface area contributed by atoms with Crippen molar-refractivity contribution in [1.82, 2.24) is 9.55 Å². The van der Waals surface area contributed by atoms with E-state index in [9.17, 15) is 9.90 Å². The second kappa shape index (κ2) is 7.39. The van der Waals surface area contributed by atoms with Crippen LogP contribution in [0.3, 0.4) is 0 Å². The first-order valence-electron chi connectivity index (χ1n) is 9.84. The Kier molecular flexibility index (Phi) is 4.56. The molecular weight excluding hydrogens is 394 g/mol. The van der Waals surface area contributed by atoms with E-state index in [-0.39, 0.29) is 16.2 Å². The van der Waals surface area contributed by atoms with Gasteiger partial charge in [-0.2, -0.15) is 0 Å². The van der Waals surface area contributed by atoms with Crippen molar-refractivity contribution in [3.63, 3.8) is 0 Å². The molecule has 1 aliphatic carbocycles. The van der Waals surface area contributed by atoms with Gasteiger partial charge in [0.15, 0.2) is 4.77 Å². The Morgan fingerprint density at radius 1 is 1.03 bits per heavy atom. The average molecular weight is 414 g/mol. The third kappa shape index (κ3) is 3.15. The molecule has 2 N–H and O–H groups in total. The molecule has 0 unspecified atom stereocenters. The molecule has 0 radical (unpaired) electrons. The van der Waals surface area contributed by atoms with Crippen LogP contribution in [0.25, 0.3) is 16.5 Å². The van der Waals surface area contributed by atoms with Crippen molar-refractivity contribution in [2.24, 2.45) is 4.99 Å². The van der Waals surface area contributed by atoms with Crippen molar-refractivity contribution in [3.8, 4) is 11.6 Å². The monoisotopic (exact) mass is 413 g/mol. The Bertz CT molecular complexity index is 1430. The Hall–Kier alpha value is -3.51. The molecule has 0 bridgehead atoms. The van der Waals surface area contributed by atoms with E-state index in [1.165, 1.54) is 21.9 Å². The maximum Gasteiger partial charge on any atom is 0.264 e. The van der Waals surface area contributed by atoms with E-state index in [0.29, 0.717) is 5.69 Å². The largest absolute Gasteiger partial charge is 0.494 e. The van der Waals surface area contributed by atoms with Crippen LogP contribution in [0.4, 0.5) is 5.69 Å². The first-order valence-corrected chi connectivity index (χ1v) is 10.2. The Morgan fingerprint density at radius 2 is 1.83 bits per heavy atom. The van der Waals surface area contributed by atoms with Crippen LogP contribution < -0.4 is 5.56 Å². The van der Waals surface area contributed by atoms with Crippen LogP contribution in [0.1, 0.15) is 23.1 Å². The number of nitrogens with zero attached hydrogens (tertiary/aromatic N) is 2. The number of aryl methyl sites for hydroxylation is 2. The van der Waals surface area contributed by atoms with E-state index < -0.39 is 5.56 Å². The molecular formula is C24H19N3O2S. The zero-order valence-corrected chi connectivity index (χ0v) is 16.9. The Labute approximate surface area is 178 Å². The molecule has 0 atom stereocenters. The van der Waals surface area contributed by atoms with Gasteiger partial charge in [-0.25, -0.2) is 0 Å². The van der Waals surface area contributed by atoms with Gasteiger partial charge in [0.1, 0.15) is 5.56 Å². The molecule has 30 heavy (non-hydrogen) atoms. The summed E-state index contributed by atoms with van der Waals surface area (Å²) < 4.78 is 1.60. The maximum absolute atomic E-state index is 12.5. The van der Waals surface area contributed by atoms with Gasteiger partial charge < -0.3 is 5.11 Å². The summed E-state index contributed by atoms with van der Waals surface area (Å²) >= 11 is 5.37. The summed E-state index contributed by atoms with van der Waals surface area (Å²) in [5.41, 5.74) is 3.71. The van der Waals surface area contributed by atoms with Gasteiger partial charge in [-0.1, -0.05) is 42.5 Å². The summed E-state index contributed by atoms with van der Waals surface area (Å²) in [6, 6.07) is 19.6. The van der Waals surface area contributed by atoms with Gasteiger partial charge in [0.05, 0.1) is 11.4 Å². The molecule has 0 saturated carbocycles. The van der Waals surface area contributed by atoms with Gasteiger partial charge in [0.25, 0.3) is 5.56 Å². The van der Waals surface area contributed by atoms with Crippen LogP contribution in [-0.4, -0.2) is 20.9 Å². The SMILES string of the molecule is O=c1[nH]c(=S)n(-c2cccc3ccccc23)c(O)c1C=Nc1ccc2c(c1)CCC2. The van der Waals surface area contributed by atoms with E-state index >= 15 is 0 Å². The highest BCUT2D eigenvalue weighted by Gasteiger charge is 2.15. The van der Waals surface area contributed by atoms with Gasteiger partial charge in [-0.3, -0.25) is 19.3 Å². The normalized spacial score (nSPS) is 13.2. The molecule has 148 valence electrons. The molecule has 5 rings (SSSR count). The minimum atomic E-state index is -0.473. The summed E-state index contributed by atoms with van der Waals surface area (Å²) in [7, 11) is 0. The van der Waals surface area contributed by atoms with Crippen LogP contribution >= 0.6 is 12.2 Å². The zero-order chi connectivity index (χ0) is 20.7. The number of rotatable bonds is 3. The van der Waals surface area contributed by atoms with Crippen LogP contribution in [0, 0.1) is 4.77 Å². The van der Waals surface area contributed by atoms with E-state index in [1.54, 1.807) is 0 Å². The van der Waals surface area contributed by atoms with E-state index in [1.807, 2.05) is 54.6 Å². The minimum absolute atomic E-state index is 0.0667. The van der Waals surface area contributed by atoms with Crippen molar-refractivity contribution < 1.29 is 5.11 Å². The molecule has 1 heterocycles. The Balaban J connectivity index is 1.64. The van der Waals surface area contributed by atoms with E-state index in [2.05, 4.69) is 16.0 Å². The number of aromatic amines is 1. The van der Waals surface area contributed by atoms with Crippen molar-refractivity contribution in [1.29, 1.82) is 0 Å². The van der Waals surface area contributed by atoms with Crippen LogP contribution in [0.2, 0.25) is 0 Å². The fourth-order valence-corrected chi connectivity index (χ4v) is 4.34. The molecule has 5 nitrogen and oxygen atoms in total. The molecule has 1 aliphatic rings. The quantitative estimate of drug-likeness (QED) is 0.367. The zero-order valence-electron chi connectivity index (χ0n) is 16.1. The predicted molar refractivity (Wildman–Crippen MR) is 122 cm³/mol. The topological polar surface area (TPSA) is 70.4 Å². The van der Waals surface area contributed by atoms with Crippen LogP contribution in [-0.2, 0) is 12.8 Å². The van der Waals surface area contributed by atoms with Crippen LogP contribution in [0.15, 0.2) is 70.5 Å². The summed E-state index contributed by atoms with van der Waals surface area (Å²) in [6.07, 6.45) is 4.72. The number of hydrogen-bond acceptors (Lipinski definition) is 4. The molecule has 0 spiro atoms. The molecule has 0 fully saturated rings. The summed E-state index contributed by atoms with van der Waals surface area (Å²) in [6.45, 7) is 0. The van der Waals surface area contributed by atoms with Crippen molar-refractivity contribution >= 4 is 34.9 Å². The number of benzene rings is 3. The highest BCUT2D eigenvalue weighted by atomic mass is 32.1. The average Bonchev–Trinajstić information content (AvgIpc) is 3.21. The standard InChI is InChI=1S/C24H19N3O2S/c28-22-20(14-25-18-12-11-15-6-3-8-17(15)13-18)23(29)27(24(30)26-22)21-10-4-7-16-5-1-2-9-19(16)21/h1-2,4-5,7,9-14,29H,3,6,8H2,(H,26,28,30). The molecule has 0 saturated heterocycles. The summed E-state index contributed by atoms with van der Waals surface area (Å²) in [4.78, 5) is 19.6. The summed E-state index contributed by atoms with van der Waals surface area (Å²) in [5, 5.41) is 12.9. The smallest absolute Gasteiger partial charge is 0.264 e. The molecule has 4 aromatic rings. The number of aromatic hydroxyl groups is 1. The molecule has 0 amide bonds. The lowest BCUT2D eigenvalue weighted by molar-refractivity contribution is 0.433. The van der Waals surface area contributed by atoms with Gasteiger partial charge in [0, 0.05) is 11.6 Å². The number of nitrogens with one attached hydrogen (secondary N) is 1. The van der Waals surface area contributed by atoms with E-state index in [4.69, 9.17) is 12.2 Å². The lowest BCUT2D eigenvalue weighted by atomic mass is 10.1. The van der Waals surface area contributed by atoms with Crippen molar-refractivity contribution in [2.75, 3.05) is 0 Å². The first-order chi connectivity index (χ1) is 14.6. The van der Waals surface area contributed by atoms with Crippen molar-refractivity contribution in [3.05, 3.63) is 92.5 Å². The van der Waals surface area contributed by atoms with Gasteiger partial charge in [-0.15, -0.1) is 0 Å². The van der Waals surface area contributed by atoms with Crippen LogP contribution in [0.5, 0.6) is 5.88 Å². The second-order valence-electron chi connectivity index (χ2n) is 7.40. The highest BCUT2D eigenvalue weighted by Crippen LogP contribution is 2.28. The molecule has 1 aromatic heterocycles. The molecule has 0 aliphatic heterocycles. The van der Waals surface area contributed by atoms with Gasteiger partial charge >= 0.3 is 0 Å². The lowest BCUT2D eigenvalue weighted by Crippen LogP contribution is -2.18. The fourth-order valence-electron chi connectivity index (χ4n) is 4.06. The molecule has 3 aromatic carbocycles. The third-order valence-corrected chi connectivity index (χ3v) is 5.84. The number of hydrogen-bond donors (Lipinski definition) is 2. The number of aliphatic imine (C=N–C) groups is 1. The van der Waals surface area contributed by atoms with Crippen molar-refractivity contribution in [2.45, 2.75) is 19.3 Å². The summed E-state index contributed by atoms with van der Waals surface area (Å²) in [5.74, 6) is -0.231. The third-order valence-electron chi connectivity index (χ3n) is 5.55. The number of aromatic nitrogens is 2. The highest BCUT2D eigenvalue weighted by molar-refractivity contribution is 7.71. The number of H-pyrrole nitrogens is 1. The van der Waals surface area contributed by atoms with E-state index in [0.717, 1.165) is 35.7 Å². The lowest BCUT2D eigenvalue weighted by Gasteiger charge is -2.13. The second-order valence-corrected chi connectivity index (χ2v) is 7.78. The number of fused-ring (bicyclic) bond motifs is 2. The Morgan fingerprint density at radius 3 is 2.73 bits per heavy atom. The first kappa shape index (κ1) is 18.5. The minimum Gasteiger partial charge on any atom is -0.494 e. The fraction of sp³-hybridized carbons (Fsp3) is 0.125.